The lowest BCUT2D eigenvalue weighted by Gasteiger charge is -2.22. The van der Waals surface area contributed by atoms with Crippen LogP contribution in [0.5, 0.6) is 0 Å². The number of nitrogens with one attached hydrogen (secondary N) is 1. The van der Waals surface area contributed by atoms with Crippen LogP contribution >= 0.6 is 24.0 Å². The number of rotatable bonds is 5. The third-order valence-electron chi connectivity index (χ3n) is 4.90. The monoisotopic (exact) mass is 443 g/mol. The third-order valence-corrected chi connectivity index (χ3v) is 4.90. The van der Waals surface area contributed by atoms with Gasteiger partial charge in [0.2, 0.25) is 0 Å². The summed E-state index contributed by atoms with van der Waals surface area (Å²) in [5.41, 5.74) is 10.1. The summed E-state index contributed by atoms with van der Waals surface area (Å²) in [6.07, 6.45) is 11.2. The van der Waals surface area contributed by atoms with Crippen molar-refractivity contribution in [2.75, 3.05) is 18.5 Å². The second-order valence-electron chi connectivity index (χ2n) is 6.67. The Morgan fingerprint density at radius 1 is 1.21 bits per heavy atom. The molecule has 1 aliphatic heterocycles. The molecule has 1 unspecified atom stereocenters. The molecule has 2 aliphatic rings. The van der Waals surface area contributed by atoms with Crippen LogP contribution in [0.3, 0.4) is 0 Å². The van der Waals surface area contributed by atoms with Gasteiger partial charge in [-0.05, 0) is 75.0 Å². The van der Waals surface area contributed by atoms with Crippen molar-refractivity contribution in [1.82, 2.24) is 0 Å². The van der Waals surface area contributed by atoms with Crippen molar-refractivity contribution in [3.8, 4) is 0 Å². The Morgan fingerprint density at radius 3 is 2.92 bits per heavy atom. The number of nitrogens with zero attached hydrogens (tertiary/aromatic N) is 1. The highest BCUT2D eigenvalue weighted by Gasteiger charge is 2.14. The lowest BCUT2D eigenvalue weighted by Crippen LogP contribution is -2.24. The molecular weight excluding hydrogens is 413 g/mol. The van der Waals surface area contributed by atoms with E-state index in [1.807, 2.05) is 0 Å². The minimum Gasteiger partial charge on any atom is -0.378 e. The minimum atomic E-state index is 0. The minimum absolute atomic E-state index is 0. The molecule has 0 radical (unpaired) electrons. The summed E-state index contributed by atoms with van der Waals surface area (Å²) in [7, 11) is 0. The number of ether oxygens (including phenoxy) is 1. The van der Waals surface area contributed by atoms with E-state index in [1.165, 1.54) is 49.7 Å². The predicted molar refractivity (Wildman–Crippen MR) is 111 cm³/mol. The van der Waals surface area contributed by atoms with Gasteiger partial charge in [-0.3, -0.25) is 4.99 Å². The quantitative estimate of drug-likeness (QED) is 0.310. The van der Waals surface area contributed by atoms with Crippen molar-refractivity contribution >= 4 is 35.6 Å². The van der Waals surface area contributed by atoms with Gasteiger partial charge in [-0.15, -0.1) is 24.0 Å². The van der Waals surface area contributed by atoms with Crippen LogP contribution in [0.2, 0.25) is 0 Å². The molecule has 134 valence electrons. The molecule has 1 heterocycles. The molecule has 1 aliphatic carbocycles. The van der Waals surface area contributed by atoms with Crippen molar-refractivity contribution in [2.45, 2.75) is 63.9 Å². The molecule has 1 fully saturated rings. The summed E-state index contributed by atoms with van der Waals surface area (Å²) in [6, 6.07) is 6.46. The number of nitrogens with two attached hydrogens (primary N) is 1. The standard InChI is InChI=1S/C19H29N3O.HI/c20-19(21-13-6-10-16-9-3-4-14-23-16)22-18-12-5-8-15-7-1-2-11-17(15)18;/h5,8,12,16H,1-4,6-7,9-11,13-14H2,(H3,20,21,22);1H. The second kappa shape index (κ2) is 10.2. The molecular formula is C19H30IN3O. The van der Waals surface area contributed by atoms with Gasteiger partial charge >= 0.3 is 0 Å². The molecule has 3 N–H and O–H groups in total. The molecule has 5 heteroatoms. The maximum absolute atomic E-state index is 6.07. The van der Waals surface area contributed by atoms with E-state index in [4.69, 9.17) is 10.5 Å². The van der Waals surface area contributed by atoms with Gasteiger partial charge < -0.3 is 15.8 Å². The molecule has 0 aromatic heterocycles. The molecule has 0 saturated carbocycles. The highest BCUT2D eigenvalue weighted by molar-refractivity contribution is 14.0. The Hall–Kier alpha value is -0.820. The molecule has 3 rings (SSSR count). The maximum Gasteiger partial charge on any atom is 0.193 e. The van der Waals surface area contributed by atoms with E-state index in [1.54, 1.807) is 0 Å². The molecule has 4 nitrogen and oxygen atoms in total. The predicted octanol–water partition coefficient (Wildman–Crippen LogP) is 4.26. The molecule has 24 heavy (non-hydrogen) atoms. The first-order valence-corrected chi connectivity index (χ1v) is 9.12. The number of hydrogen-bond acceptors (Lipinski definition) is 2. The van der Waals surface area contributed by atoms with Crippen LogP contribution in [0, 0.1) is 0 Å². The Morgan fingerprint density at radius 2 is 2.08 bits per heavy atom. The van der Waals surface area contributed by atoms with Gasteiger partial charge in [0.25, 0.3) is 0 Å². The molecule has 1 atom stereocenters. The highest BCUT2D eigenvalue weighted by atomic mass is 127. The lowest BCUT2D eigenvalue weighted by molar-refractivity contribution is 0.0105. The number of aliphatic imine (C=N–C) groups is 1. The van der Waals surface area contributed by atoms with Crippen molar-refractivity contribution in [3.05, 3.63) is 29.3 Å². The molecule has 1 aromatic rings. The van der Waals surface area contributed by atoms with Gasteiger partial charge in [-0.2, -0.15) is 0 Å². The van der Waals surface area contributed by atoms with Gasteiger partial charge in [-0.25, -0.2) is 0 Å². The number of fused-ring (bicyclic) bond motifs is 1. The van der Waals surface area contributed by atoms with Gasteiger partial charge in [0.1, 0.15) is 0 Å². The normalized spacial score (nSPS) is 20.8. The number of anilines is 1. The topological polar surface area (TPSA) is 59.6 Å². The summed E-state index contributed by atoms with van der Waals surface area (Å²) in [4.78, 5) is 4.48. The Balaban J connectivity index is 0.00000208. The molecule has 0 amide bonds. The van der Waals surface area contributed by atoms with Crippen LogP contribution in [0.15, 0.2) is 23.2 Å². The molecule has 0 spiro atoms. The van der Waals surface area contributed by atoms with Crippen molar-refractivity contribution in [2.24, 2.45) is 10.7 Å². The SMILES string of the molecule is I.NC(=NCCCC1CCCCO1)Nc1cccc2c1CCCC2. The second-order valence-corrected chi connectivity index (χ2v) is 6.67. The van der Waals surface area contributed by atoms with Gasteiger partial charge in [0.15, 0.2) is 5.96 Å². The van der Waals surface area contributed by atoms with Crippen LogP contribution in [-0.4, -0.2) is 25.2 Å². The van der Waals surface area contributed by atoms with E-state index in [2.05, 4.69) is 28.5 Å². The molecule has 1 saturated heterocycles. The van der Waals surface area contributed by atoms with Crippen molar-refractivity contribution in [1.29, 1.82) is 0 Å². The van der Waals surface area contributed by atoms with Crippen LogP contribution in [0.1, 0.15) is 56.1 Å². The smallest absolute Gasteiger partial charge is 0.193 e. The first-order valence-electron chi connectivity index (χ1n) is 9.12. The van der Waals surface area contributed by atoms with Crippen LogP contribution in [0.4, 0.5) is 5.69 Å². The molecule has 1 aromatic carbocycles. The average molecular weight is 443 g/mol. The van der Waals surface area contributed by atoms with E-state index in [9.17, 15) is 0 Å². The zero-order valence-electron chi connectivity index (χ0n) is 14.4. The fourth-order valence-corrected chi connectivity index (χ4v) is 3.63. The third kappa shape index (κ3) is 5.62. The van der Waals surface area contributed by atoms with Crippen LogP contribution < -0.4 is 11.1 Å². The van der Waals surface area contributed by atoms with E-state index in [0.29, 0.717) is 12.1 Å². The van der Waals surface area contributed by atoms with Gasteiger partial charge in [0.05, 0.1) is 6.10 Å². The number of hydrogen-bond donors (Lipinski definition) is 2. The fraction of sp³-hybridized carbons (Fsp3) is 0.632. The maximum atomic E-state index is 6.07. The number of guanidine groups is 1. The first-order chi connectivity index (χ1) is 11.3. The summed E-state index contributed by atoms with van der Waals surface area (Å²) in [6.45, 7) is 1.70. The first kappa shape index (κ1) is 19.5. The molecule has 0 bridgehead atoms. The zero-order valence-corrected chi connectivity index (χ0v) is 16.8. The number of benzene rings is 1. The van der Waals surface area contributed by atoms with E-state index in [0.717, 1.165) is 38.1 Å². The Kier molecular flexibility index (Phi) is 8.32. The summed E-state index contributed by atoms with van der Waals surface area (Å²) in [5, 5.41) is 3.30. The number of aryl methyl sites for hydroxylation is 1. The Bertz CT molecular complexity index is 541. The van der Waals surface area contributed by atoms with E-state index in [-0.39, 0.29) is 24.0 Å². The fourth-order valence-electron chi connectivity index (χ4n) is 3.63. The van der Waals surface area contributed by atoms with Gasteiger partial charge in [-0.1, -0.05) is 12.1 Å². The van der Waals surface area contributed by atoms with Gasteiger partial charge in [0, 0.05) is 18.8 Å². The van der Waals surface area contributed by atoms with Crippen LogP contribution in [0.25, 0.3) is 0 Å². The van der Waals surface area contributed by atoms with Crippen molar-refractivity contribution < 1.29 is 4.74 Å². The Labute approximate surface area is 162 Å². The number of halogens is 1. The zero-order chi connectivity index (χ0) is 15.9. The largest absolute Gasteiger partial charge is 0.378 e. The van der Waals surface area contributed by atoms with Crippen molar-refractivity contribution in [3.63, 3.8) is 0 Å². The lowest BCUT2D eigenvalue weighted by atomic mass is 9.90. The van der Waals surface area contributed by atoms with E-state index >= 15 is 0 Å². The summed E-state index contributed by atoms with van der Waals surface area (Å²) in [5.74, 6) is 0.536. The average Bonchev–Trinajstić information content (AvgIpc) is 2.60. The summed E-state index contributed by atoms with van der Waals surface area (Å²) < 4.78 is 5.75. The highest BCUT2D eigenvalue weighted by Crippen LogP contribution is 2.27. The summed E-state index contributed by atoms with van der Waals surface area (Å²) >= 11 is 0. The van der Waals surface area contributed by atoms with Crippen LogP contribution in [-0.2, 0) is 17.6 Å². The van der Waals surface area contributed by atoms with E-state index < -0.39 is 0 Å².